The van der Waals surface area contributed by atoms with Crippen molar-refractivity contribution in [3.05, 3.63) is 69.2 Å². The number of ketones is 1. The van der Waals surface area contributed by atoms with Gasteiger partial charge in [0, 0.05) is 28.1 Å². The van der Waals surface area contributed by atoms with E-state index in [4.69, 9.17) is 23.2 Å². The average Bonchev–Trinajstić information content (AvgIpc) is 2.32. The maximum absolute atomic E-state index is 13.0. The van der Waals surface area contributed by atoms with Crippen LogP contribution in [-0.4, -0.2) is 5.78 Å². The number of carbonyl (C=O) groups is 1. The summed E-state index contributed by atoms with van der Waals surface area (Å²) in [5, 5.41) is 0.826. The van der Waals surface area contributed by atoms with Crippen molar-refractivity contribution in [1.29, 1.82) is 0 Å². The molecule has 0 saturated carbocycles. The van der Waals surface area contributed by atoms with E-state index in [1.807, 2.05) is 0 Å². The van der Waals surface area contributed by atoms with Gasteiger partial charge in [0.1, 0.15) is 11.6 Å². The van der Waals surface area contributed by atoms with Crippen molar-refractivity contribution >= 4 is 29.0 Å². The van der Waals surface area contributed by atoms with Crippen molar-refractivity contribution in [1.82, 2.24) is 0 Å². The van der Waals surface area contributed by atoms with Crippen molar-refractivity contribution in [2.24, 2.45) is 0 Å². The fourth-order valence-electron chi connectivity index (χ4n) is 1.67. The first-order valence-corrected chi connectivity index (χ1v) is 6.14. The Hall–Kier alpha value is -1.45. The summed E-state index contributed by atoms with van der Waals surface area (Å²) in [6.07, 6.45) is -0.0672. The number of hydrogen-bond donors (Lipinski definition) is 0. The van der Waals surface area contributed by atoms with Crippen LogP contribution in [0.3, 0.4) is 0 Å². The molecule has 0 heterocycles. The molecule has 2 aromatic carbocycles. The van der Waals surface area contributed by atoms with E-state index in [1.165, 1.54) is 0 Å². The molecule has 0 aliphatic carbocycles. The number of hydrogen-bond acceptors (Lipinski definition) is 1. The summed E-state index contributed by atoms with van der Waals surface area (Å²) in [5.41, 5.74) is 0.484. The minimum Gasteiger partial charge on any atom is -0.294 e. The van der Waals surface area contributed by atoms with Gasteiger partial charge in [-0.15, -0.1) is 0 Å². The topological polar surface area (TPSA) is 17.1 Å². The van der Waals surface area contributed by atoms with Gasteiger partial charge < -0.3 is 0 Å². The molecule has 0 atom stereocenters. The van der Waals surface area contributed by atoms with Crippen LogP contribution in [0.1, 0.15) is 15.9 Å². The van der Waals surface area contributed by atoms with E-state index in [0.29, 0.717) is 21.7 Å². The molecule has 5 heteroatoms. The third kappa shape index (κ3) is 3.52. The van der Waals surface area contributed by atoms with Crippen LogP contribution in [0.2, 0.25) is 10.0 Å². The molecule has 0 spiro atoms. The number of Topliss-reactive ketones (excluding diaryl/α,β-unsaturated/α-hetero) is 1. The van der Waals surface area contributed by atoms with Gasteiger partial charge in [0.15, 0.2) is 5.78 Å². The van der Waals surface area contributed by atoms with Crippen LogP contribution >= 0.6 is 23.2 Å². The second-order valence-electron chi connectivity index (χ2n) is 3.99. The van der Waals surface area contributed by atoms with E-state index in [9.17, 15) is 13.6 Å². The Labute approximate surface area is 118 Å². The van der Waals surface area contributed by atoms with Crippen molar-refractivity contribution < 1.29 is 13.6 Å². The third-order valence-electron chi connectivity index (χ3n) is 2.54. The zero-order chi connectivity index (χ0) is 14.0. The lowest BCUT2D eigenvalue weighted by Gasteiger charge is -2.05. The summed E-state index contributed by atoms with van der Waals surface area (Å²) < 4.78 is 26.1. The summed E-state index contributed by atoms with van der Waals surface area (Å²) in [5.74, 6) is -2.01. The van der Waals surface area contributed by atoms with Crippen molar-refractivity contribution in [3.63, 3.8) is 0 Å². The molecule has 0 amide bonds. The maximum atomic E-state index is 13.0. The lowest BCUT2D eigenvalue weighted by Crippen LogP contribution is -2.05. The van der Waals surface area contributed by atoms with E-state index < -0.39 is 17.4 Å². The number of halogens is 4. The van der Waals surface area contributed by atoms with Gasteiger partial charge in [0.25, 0.3) is 0 Å². The van der Waals surface area contributed by atoms with Crippen molar-refractivity contribution in [3.8, 4) is 0 Å². The van der Waals surface area contributed by atoms with Crippen LogP contribution in [-0.2, 0) is 6.42 Å². The molecule has 2 aromatic rings. The van der Waals surface area contributed by atoms with Gasteiger partial charge in [-0.05, 0) is 35.9 Å². The molecular formula is C14H8Cl2F2O. The number of carbonyl (C=O) groups excluding carboxylic acids is 1. The Morgan fingerprint density at radius 2 is 1.63 bits per heavy atom. The average molecular weight is 301 g/mol. The second kappa shape index (κ2) is 5.68. The first-order chi connectivity index (χ1) is 8.95. The Balaban J connectivity index is 2.28. The predicted molar refractivity (Wildman–Crippen MR) is 70.9 cm³/mol. The lowest BCUT2D eigenvalue weighted by atomic mass is 10.0. The summed E-state index contributed by atoms with van der Waals surface area (Å²) in [7, 11) is 0. The second-order valence-corrected chi connectivity index (χ2v) is 4.84. The summed E-state index contributed by atoms with van der Waals surface area (Å²) in [4.78, 5) is 11.9. The molecule has 0 radical (unpaired) electrons. The molecule has 0 fully saturated rings. The molecule has 0 N–H and O–H groups in total. The molecule has 19 heavy (non-hydrogen) atoms. The van der Waals surface area contributed by atoms with Crippen LogP contribution in [0.15, 0.2) is 36.4 Å². The fourth-order valence-corrected chi connectivity index (χ4v) is 2.05. The Kier molecular flexibility index (Phi) is 4.17. The lowest BCUT2D eigenvalue weighted by molar-refractivity contribution is 0.0992. The molecule has 0 bridgehead atoms. The standard InChI is InChI=1S/C14H8Cl2F2O/c15-10-1-2-13(16)8(3-10)6-14(19)9-4-11(17)7-12(18)5-9/h1-5,7H,6H2. The highest BCUT2D eigenvalue weighted by atomic mass is 35.5. The van der Waals surface area contributed by atoms with Gasteiger partial charge in [-0.2, -0.15) is 0 Å². The first kappa shape index (κ1) is 14.0. The molecular weight excluding hydrogens is 293 g/mol. The normalized spacial score (nSPS) is 10.5. The Morgan fingerprint density at radius 3 is 2.26 bits per heavy atom. The van der Waals surface area contributed by atoms with Gasteiger partial charge in [0.05, 0.1) is 0 Å². The van der Waals surface area contributed by atoms with Crippen LogP contribution < -0.4 is 0 Å². The molecule has 0 saturated heterocycles. The van der Waals surface area contributed by atoms with Gasteiger partial charge in [-0.1, -0.05) is 23.2 Å². The number of rotatable bonds is 3. The van der Waals surface area contributed by atoms with Gasteiger partial charge >= 0.3 is 0 Å². The van der Waals surface area contributed by atoms with Crippen LogP contribution in [0.4, 0.5) is 8.78 Å². The maximum Gasteiger partial charge on any atom is 0.167 e. The summed E-state index contributed by atoms with van der Waals surface area (Å²) in [6.45, 7) is 0. The monoisotopic (exact) mass is 300 g/mol. The van der Waals surface area contributed by atoms with Gasteiger partial charge in [-0.25, -0.2) is 8.78 Å². The van der Waals surface area contributed by atoms with E-state index >= 15 is 0 Å². The third-order valence-corrected chi connectivity index (χ3v) is 3.15. The molecule has 0 aliphatic rings. The predicted octanol–water partition coefficient (Wildman–Crippen LogP) is 4.70. The van der Waals surface area contributed by atoms with Crippen LogP contribution in [0.5, 0.6) is 0 Å². The highest BCUT2D eigenvalue weighted by Crippen LogP contribution is 2.22. The molecule has 1 nitrogen and oxygen atoms in total. The highest BCUT2D eigenvalue weighted by molar-refractivity contribution is 6.33. The smallest absolute Gasteiger partial charge is 0.167 e. The van der Waals surface area contributed by atoms with E-state index in [0.717, 1.165) is 12.1 Å². The Morgan fingerprint density at radius 1 is 1.00 bits per heavy atom. The quantitative estimate of drug-likeness (QED) is 0.751. The SMILES string of the molecule is O=C(Cc1cc(Cl)ccc1Cl)c1cc(F)cc(F)c1. The molecule has 0 unspecified atom stereocenters. The number of benzene rings is 2. The molecule has 2 rings (SSSR count). The van der Waals surface area contributed by atoms with E-state index in [2.05, 4.69) is 0 Å². The molecule has 0 aromatic heterocycles. The van der Waals surface area contributed by atoms with E-state index in [1.54, 1.807) is 18.2 Å². The largest absolute Gasteiger partial charge is 0.294 e. The van der Waals surface area contributed by atoms with Gasteiger partial charge in [0.2, 0.25) is 0 Å². The minimum atomic E-state index is -0.791. The highest BCUT2D eigenvalue weighted by Gasteiger charge is 2.12. The van der Waals surface area contributed by atoms with E-state index in [-0.39, 0.29) is 12.0 Å². The zero-order valence-electron chi connectivity index (χ0n) is 9.59. The van der Waals surface area contributed by atoms with Crippen molar-refractivity contribution in [2.45, 2.75) is 6.42 Å². The van der Waals surface area contributed by atoms with Crippen molar-refractivity contribution in [2.75, 3.05) is 0 Å². The van der Waals surface area contributed by atoms with Crippen LogP contribution in [0, 0.1) is 11.6 Å². The Bertz CT molecular complexity index is 621. The molecule has 98 valence electrons. The summed E-state index contributed by atoms with van der Waals surface area (Å²) >= 11 is 11.7. The zero-order valence-corrected chi connectivity index (χ0v) is 11.1. The first-order valence-electron chi connectivity index (χ1n) is 5.39. The summed E-state index contributed by atoms with van der Waals surface area (Å²) in [6, 6.07) is 7.41. The fraction of sp³-hybridized carbons (Fsp3) is 0.0714. The minimum absolute atomic E-state index is 0.0338. The van der Waals surface area contributed by atoms with Crippen LogP contribution in [0.25, 0.3) is 0 Å². The molecule has 0 aliphatic heterocycles. The van der Waals surface area contributed by atoms with Gasteiger partial charge in [-0.3, -0.25) is 4.79 Å².